The molecule has 4 nitrogen and oxygen atoms in total. The van der Waals surface area contributed by atoms with Gasteiger partial charge >= 0.3 is 6.09 Å². The predicted octanol–water partition coefficient (Wildman–Crippen LogP) is 5.04. The Balaban J connectivity index is 1.86. The quantitative estimate of drug-likeness (QED) is 0.779. The maximum atomic E-state index is 11.9. The van der Waals surface area contributed by atoms with Crippen LogP contribution in [-0.2, 0) is 6.42 Å². The van der Waals surface area contributed by atoms with E-state index in [1.807, 2.05) is 43.3 Å². The number of carbonyl (C=O) groups excluding carboxylic acids is 1. The van der Waals surface area contributed by atoms with Crippen LogP contribution in [0.4, 0.5) is 10.5 Å². The van der Waals surface area contributed by atoms with E-state index in [-0.39, 0.29) is 0 Å². The third-order valence-corrected chi connectivity index (χ3v) is 3.36. The van der Waals surface area contributed by atoms with E-state index in [2.05, 4.69) is 12.2 Å². The lowest BCUT2D eigenvalue weighted by molar-refractivity contribution is 0.215. The lowest BCUT2D eigenvalue weighted by atomic mass is 10.1. The highest BCUT2D eigenvalue weighted by atomic mass is 16.6. The molecule has 2 rings (SSSR count). The molecule has 0 aliphatic carbocycles. The summed E-state index contributed by atoms with van der Waals surface area (Å²) in [6, 6.07) is 14.8. The molecule has 0 spiro atoms. The summed E-state index contributed by atoms with van der Waals surface area (Å²) < 4.78 is 10.6. The molecule has 1 amide bonds. The molecule has 0 saturated carbocycles. The molecule has 0 atom stereocenters. The number of benzene rings is 2. The van der Waals surface area contributed by atoms with Gasteiger partial charge in [0.05, 0.1) is 6.61 Å². The Morgan fingerprint density at radius 2 is 1.61 bits per heavy atom. The Labute approximate surface area is 137 Å². The van der Waals surface area contributed by atoms with E-state index in [0.29, 0.717) is 18.0 Å². The van der Waals surface area contributed by atoms with E-state index >= 15 is 0 Å². The molecule has 23 heavy (non-hydrogen) atoms. The highest BCUT2D eigenvalue weighted by Gasteiger charge is 2.05. The predicted molar refractivity (Wildman–Crippen MR) is 92.3 cm³/mol. The van der Waals surface area contributed by atoms with Crippen molar-refractivity contribution in [3.63, 3.8) is 0 Å². The summed E-state index contributed by atoms with van der Waals surface area (Å²) in [4.78, 5) is 11.9. The van der Waals surface area contributed by atoms with Crippen molar-refractivity contribution in [2.45, 2.75) is 33.1 Å². The average Bonchev–Trinajstić information content (AvgIpc) is 2.56. The number of hydrogen-bond donors (Lipinski definition) is 1. The molecule has 0 aliphatic rings. The number of aryl methyl sites for hydroxylation is 1. The molecule has 0 fully saturated rings. The molecule has 0 unspecified atom stereocenters. The van der Waals surface area contributed by atoms with Gasteiger partial charge in [0.15, 0.2) is 0 Å². The van der Waals surface area contributed by atoms with E-state index in [1.54, 1.807) is 12.1 Å². The van der Waals surface area contributed by atoms with Gasteiger partial charge in [0.25, 0.3) is 0 Å². The number of carbonyl (C=O) groups is 1. The molecule has 0 saturated heterocycles. The highest BCUT2D eigenvalue weighted by Crippen LogP contribution is 2.17. The van der Waals surface area contributed by atoms with Gasteiger partial charge in [-0.25, -0.2) is 4.79 Å². The number of anilines is 1. The van der Waals surface area contributed by atoms with Crippen LogP contribution in [0.3, 0.4) is 0 Å². The van der Waals surface area contributed by atoms with Crippen LogP contribution in [0.25, 0.3) is 0 Å². The van der Waals surface area contributed by atoms with Gasteiger partial charge in [-0.2, -0.15) is 0 Å². The average molecular weight is 313 g/mol. The van der Waals surface area contributed by atoms with Crippen molar-refractivity contribution in [3.8, 4) is 11.5 Å². The van der Waals surface area contributed by atoms with Crippen LogP contribution in [0.2, 0.25) is 0 Å². The van der Waals surface area contributed by atoms with Gasteiger partial charge in [0, 0.05) is 5.69 Å². The minimum absolute atomic E-state index is 0.504. The Hall–Kier alpha value is -2.49. The number of hydrogen-bond acceptors (Lipinski definition) is 3. The fourth-order valence-corrected chi connectivity index (χ4v) is 2.16. The van der Waals surface area contributed by atoms with Crippen LogP contribution < -0.4 is 14.8 Å². The van der Waals surface area contributed by atoms with E-state index in [1.165, 1.54) is 18.4 Å². The van der Waals surface area contributed by atoms with Crippen molar-refractivity contribution in [1.29, 1.82) is 0 Å². The molecular weight excluding hydrogens is 290 g/mol. The number of rotatable bonds is 7. The second kappa shape index (κ2) is 8.83. The lowest BCUT2D eigenvalue weighted by Crippen LogP contribution is -2.16. The Kier molecular flexibility index (Phi) is 6.48. The summed E-state index contributed by atoms with van der Waals surface area (Å²) >= 11 is 0. The topological polar surface area (TPSA) is 47.6 Å². The summed E-state index contributed by atoms with van der Waals surface area (Å²) in [5, 5.41) is 2.69. The molecular formula is C19H23NO3. The molecule has 0 aliphatic heterocycles. The van der Waals surface area contributed by atoms with Crippen LogP contribution in [-0.4, -0.2) is 12.7 Å². The van der Waals surface area contributed by atoms with Crippen LogP contribution in [0.5, 0.6) is 11.5 Å². The van der Waals surface area contributed by atoms with E-state index in [4.69, 9.17) is 9.47 Å². The minimum Gasteiger partial charge on any atom is -0.494 e. The molecule has 4 heteroatoms. The minimum atomic E-state index is -0.504. The largest absolute Gasteiger partial charge is 0.494 e. The number of nitrogens with one attached hydrogen (secondary N) is 1. The zero-order valence-corrected chi connectivity index (χ0v) is 13.7. The summed E-state index contributed by atoms with van der Waals surface area (Å²) in [6.45, 7) is 4.71. The molecule has 0 heterocycles. The van der Waals surface area contributed by atoms with Crippen molar-refractivity contribution in [2.75, 3.05) is 11.9 Å². The fraction of sp³-hybridized carbons (Fsp3) is 0.316. The van der Waals surface area contributed by atoms with E-state index in [0.717, 1.165) is 12.2 Å². The van der Waals surface area contributed by atoms with Crippen LogP contribution in [0.15, 0.2) is 48.5 Å². The maximum Gasteiger partial charge on any atom is 0.417 e. The maximum absolute atomic E-state index is 11.9. The van der Waals surface area contributed by atoms with Crippen molar-refractivity contribution < 1.29 is 14.3 Å². The lowest BCUT2D eigenvalue weighted by Gasteiger charge is -2.08. The number of amides is 1. The second-order valence-electron chi connectivity index (χ2n) is 5.22. The molecule has 122 valence electrons. The Morgan fingerprint density at radius 1 is 0.957 bits per heavy atom. The van der Waals surface area contributed by atoms with Gasteiger partial charge < -0.3 is 9.47 Å². The van der Waals surface area contributed by atoms with Gasteiger partial charge in [0.2, 0.25) is 0 Å². The van der Waals surface area contributed by atoms with Crippen molar-refractivity contribution in [3.05, 3.63) is 54.1 Å². The zero-order valence-electron chi connectivity index (χ0n) is 13.7. The summed E-state index contributed by atoms with van der Waals surface area (Å²) in [7, 11) is 0. The normalized spacial score (nSPS) is 10.2. The number of ether oxygens (including phenoxy) is 2. The fourth-order valence-electron chi connectivity index (χ4n) is 2.16. The second-order valence-corrected chi connectivity index (χ2v) is 5.22. The first-order valence-electron chi connectivity index (χ1n) is 8.02. The van der Waals surface area contributed by atoms with Gasteiger partial charge in [-0.3, -0.25) is 5.32 Å². The van der Waals surface area contributed by atoms with Crippen LogP contribution in [0.1, 0.15) is 32.3 Å². The molecule has 0 radical (unpaired) electrons. The summed E-state index contributed by atoms with van der Waals surface area (Å²) in [5.41, 5.74) is 1.92. The monoisotopic (exact) mass is 313 g/mol. The summed E-state index contributed by atoms with van der Waals surface area (Å²) in [6.07, 6.45) is 2.88. The van der Waals surface area contributed by atoms with Gasteiger partial charge in [0.1, 0.15) is 11.5 Å². The van der Waals surface area contributed by atoms with Crippen molar-refractivity contribution in [2.24, 2.45) is 0 Å². The van der Waals surface area contributed by atoms with Crippen molar-refractivity contribution in [1.82, 2.24) is 0 Å². The standard InChI is InChI=1S/C19H23NO3/c1-3-5-6-15-7-11-18(12-8-15)23-19(21)20-16-9-13-17(14-10-16)22-4-2/h7-14H,3-6H2,1-2H3,(H,20,21). The zero-order chi connectivity index (χ0) is 16.5. The summed E-state index contributed by atoms with van der Waals surface area (Å²) in [5.74, 6) is 1.31. The SMILES string of the molecule is CCCCc1ccc(OC(=O)Nc2ccc(OCC)cc2)cc1. The Morgan fingerprint density at radius 3 is 2.22 bits per heavy atom. The first kappa shape index (κ1) is 16.9. The smallest absolute Gasteiger partial charge is 0.417 e. The number of unbranched alkanes of at least 4 members (excludes halogenated alkanes) is 1. The van der Waals surface area contributed by atoms with Crippen LogP contribution >= 0.6 is 0 Å². The molecule has 0 bridgehead atoms. The first-order valence-corrected chi connectivity index (χ1v) is 8.02. The van der Waals surface area contributed by atoms with Crippen LogP contribution in [0, 0.1) is 0 Å². The highest BCUT2D eigenvalue weighted by molar-refractivity contribution is 5.86. The molecule has 2 aromatic carbocycles. The van der Waals surface area contributed by atoms with Crippen molar-refractivity contribution >= 4 is 11.8 Å². The third-order valence-electron chi connectivity index (χ3n) is 3.36. The molecule has 2 aromatic rings. The van der Waals surface area contributed by atoms with E-state index in [9.17, 15) is 4.79 Å². The molecule has 0 aromatic heterocycles. The van der Waals surface area contributed by atoms with Gasteiger partial charge in [-0.15, -0.1) is 0 Å². The Bertz CT molecular complexity index is 606. The molecule has 1 N–H and O–H groups in total. The third kappa shape index (κ3) is 5.66. The van der Waals surface area contributed by atoms with E-state index < -0.39 is 6.09 Å². The first-order chi connectivity index (χ1) is 11.2. The van der Waals surface area contributed by atoms with Gasteiger partial charge in [-0.1, -0.05) is 25.5 Å². The van der Waals surface area contributed by atoms with Gasteiger partial charge in [-0.05, 0) is 61.7 Å².